The van der Waals surface area contributed by atoms with Gasteiger partial charge in [0.15, 0.2) is 0 Å². The molecule has 0 spiro atoms. The molecule has 1 aromatic carbocycles. The number of nitrogens with two attached hydrogens (primary N) is 1. The van der Waals surface area contributed by atoms with Crippen LogP contribution in [0.4, 0.5) is 10.1 Å². The topological polar surface area (TPSA) is 63.4 Å². The molecule has 1 aromatic rings. The van der Waals surface area contributed by atoms with Crippen molar-refractivity contribution in [2.75, 3.05) is 17.4 Å². The van der Waals surface area contributed by atoms with E-state index in [1.807, 2.05) is 0 Å². The van der Waals surface area contributed by atoms with Gasteiger partial charge in [-0.15, -0.1) is 0 Å². The van der Waals surface area contributed by atoms with Gasteiger partial charge < -0.3 is 5.73 Å². The molecule has 0 aliphatic rings. The van der Waals surface area contributed by atoms with Crippen LogP contribution < -0.4 is 10.0 Å². The van der Waals surface area contributed by atoms with Crippen LogP contribution in [0.25, 0.3) is 0 Å². The largest absolute Gasteiger partial charge is 0.329 e. The van der Waals surface area contributed by atoms with Gasteiger partial charge in [0.25, 0.3) is 0 Å². The number of sulfonamides is 1. The van der Waals surface area contributed by atoms with Crippen LogP contribution >= 0.6 is 0 Å². The van der Waals surface area contributed by atoms with E-state index in [0.29, 0.717) is 6.42 Å². The quantitative estimate of drug-likeness (QED) is 0.859. The summed E-state index contributed by atoms with van der Waals surface area (Å²) in [5.41, 5.74) is 5.55. The summed E-state index contributed by atoms with van der Waals surface area (Å²) in [6.45, 7) is 3.64. The molecule has 4 nitrogen and oxygen atoms in total. The van der Waals surface area contributed by atoms with Crippen LogP contribution in [0.2, 0.25) is 0 Å². The minimum absolute atomic E-state index is 0.0315. The maximum absolute atomic E-state index is 13.7. The predicted molar refractivity (Wildman–Crippen MR) is 71.5 cm³/mol. The molecular weight excluding hydrogens is 255 g/mol. The predicted octanol–water partition coefficient (Wildman–Crippen LogP) is 1.72. The van der Waals surface area contributed by atoms with Gasteiger partial charge in [0.05, 0.1) is 10.9 Å². The van der Waals surface area contributed by atoms with Crippen LogP contribution in [-0.2, 0) is 10.0 Å². The van der Waals surface area contributed by atoms with Crippen molar-refractivity contribution in [3.8, 4) is 0 Å². The van der Waals surface area contributed by atoms with Gasteiger partial charge in [0, 0.05) is 13.1 Å². The van der Waals surface area contributed by atoms with E-state index in [1.54, 1.807) is 19.9 Å². The highest BCUT2D eigenvalue weighted by Crippen LogP contribution is 2.24. The van der Waals surface area contributed by atoms with Gasteiger partial charge in [-0.3, -0.25) is 4.31 Å². The third kappa shape index (κ3) is 2.81. The van der Waals surface area contributed by atoms with Gasteiger partial charge in [-0.25, -0.2) is 12.8 Å². The number of benzene rings is 1. The third-order valence-corrected chi connectivity index (χ3v) is 5.29. The van der Waals surface area contributed by atoms with Crippen molar-refractivity contribution in [2.24, 2.45) is 5.73 Å². The van der Waals surface area contributed by atoms with Crippen LogP contribution in [0.5, 0.6) is 0 Å². The summed E-state index contributed by atoms with van der Waals surface area (Å²) in [6, 6.07) is 5.84. The first-order valence-electron chi connectivity index (χ1n) is 5.95. The molecule has 1 rings (SSSR count). The van der Waals surface area contributed by atoms with Crippen molar-refractivity contribution < 1.29 is 12.8 Å². The average molecular weight is 274 g/mol. The van der Waals surface area contributed by atoms with Crippen LogP contribution in [0, 0.1) is 5.82 Å². The zero-order valence-corrected chi connectivity index (χ0v) is 11.5. The Bertz CT molecular complexity index is 487. The summed E-state index contributed by atoms with van der Waals surface area (Å²) in [6.07, 6.45) is 0.407. The van der Waals surface area contributed by atoms with Crippen LogP contribution in [0.3, 0.4) is 0 Å². The lowest BCUT2D eigenvalue weighted by atomic mass is 10.3. The van der Waals surface area contributed by atoms with Crippen molar-refractivity contribution in [3.63, 3.8) is 0 Å². The molecule has 2 N–H and O–H groups in total. The Labute approximate surface area is 108 Å². The van der Waals surface area contributed by atoms with Crippen LogP contribution in [0.15, 0.2) is 24.3 Å². The highest BCUT2D eigenvalue weighted by Gasteiger charge is 2.30. The highest BCUT2D eigenvalue weighted by atomic mass is 32.2. The monoisotopic (exact) mass is 274 g/mol. The van der Waals surface area contributed by atoms with Crippen molar-refractivity contribution in [2.45, 2.75) is 25.5 Å². The molecule has 0 amide bonds. The first kappa shape index (κ1) is 14.9. The summed E-state index contributed by atoms with van der Waals surface area (Å²) in [5, 5.41) is -0.683. The maximum atomic E-state index is 13.7. The van der Waals surface area contributed by atoms with E-state index in [-0.39, 0.29) is 18.8 Å². The molecule has 0 heterocycles. The zero-order valence-electron chi connectivity index (χ0n) is 10.6. The Morgan fingerprint density at radius 3 is 2.39 bits per heavy atom. The maximum Gasteiger partial charge on any atom is 0.239 e. The first-order valence-corrected chi connectivity index (χ1v) is 7.45. The van der Waals surface area contributed by atoms with Crippen molar-refractivity contribution in [1.82, 2.24) is 0 Å². The number of para-hydroxylation sites is 1. The lowest BCUT2D eigenvalue weighted by molar-refractivity contribution is 0.568. The first-order chi connectivity index (χ1) is 8.48. The van der Waals surface area contributed by atoms with Crippen LogP contribution in [-0.4, -0.2) is 26.8 Å². The molecule has 0 saturated heterocycles. The van der Waals surface area contributed by atoms with E-state index < -0.39 is 21.1 Å². The molecule has 6 heteroatoms. The minimum atomic E-state index is -3.62. The molecule has 0 aliphatic carbocycles. The Morgan fingerprint density at radius 2 is 1.94 bits per heavy atom. The Morgan fingerprint density at radius 1 is 1.33 bits per heavy atom. The number of hydrogen-bond donors (Lipinski definition) is 1. The fourth-order valence-corrected chi connectivity index (χ4v) is 3.63. The summed E-state index contributed by atoms with van der Waals surface area (Å²) >= 11 is 0. The molecule has 18 heavy (non-hydrogen) atoms. The highest BCUT2D eigenvalue weighted by molar-refractivity contribution is 7.93. The van der Waals surface area contributed by atoms with Gasteiger partial charge in [0.2, 0.25) is 10.0 Å². The van der Waals surface area contributed by atoms with Gasteiger partial charge in [-0.2, -0.15) is 0 Å². The summed E-state index contributed by atoms with van der Waals surface area (Å²) in [5.74, 6) is -0.546. The van der Waals surface area contributed by atoms with Crippen molar-refractivity contribution in [1.29, 1.82) is 0 Å². The van der Waals surface area contributed by atoms with Gasteiger partial charge >= 0.3 is 0 Å². The normalized spacial score (nSPS) is 13.3. The van der Waals surface area contributed by atoms with Gasteiger partial charge in [0.1, 0.15) is 5.82 Å². The smallest absolute Gasteiger partial charge is 0.239 e. The molecule has 1 unspecified atom stereocenters. The van der Waals surface area contributed by atoms with Crippen molar-refractivity contribution in [3.05, 3.63) is 30.1 Å². The van der Waals surface area contributed by atoms with E-state index in [2.05, 4.69) is 0 Å². The average Bonchev–Trinajstić information content (AvgIpc) is 2.33. The summed E-state index contributed by atoms with van der Waals surface area (Å²) in [4.78, 5) is 0. The number of halogens is 1. The zero-order chi connectivity index (χ0) is 13.8. The van der Waals surface area contributed by atoms with Gasteiger partial charge in [-0.1, -0.05) is 19.1 Å². The van der Waals surface area contributed by atoms with Crippen molar-refractivity contribution >= 4 is 15.7 Å². The summed E-state index contributed by atoms with van der Waals surface area (Å²) in [7, 11) is -3.62. The lowest BCUT2D eigenvalue weighted by Crippen LogP contribution is -2.42. The lowest BCUT2D eigenvalue weighted by Gasteiger charge is -2.27. The fourth-order valence-electron chi connectivity index (χ4n) is 1.82. The minimum Gasteiger partial charge on any atom is -0.329 e. The Hall–Kier alpha value is -1.14. The number of nitrogens with zero attached hydrogens (tertiary/aromatic N) is 1. The molecule has 0 fully saturated rings. The standard InChI is InChI=1S/C12H19FN2O2S/c1-3-10(9-14)18(16,17)15(4-2)12-8-6-5-7-11(12)13/h5-8,10H,3-4,9,14H2,1-2H3. The van der Waals surface area contributed by atoms with E-state index in [0.717, 1.165) is 4.31 Å². The molecule has 0 bridgehead atoms. The van der Waals surface area contributed by atoms with E-state index in [4.69, 9.17) is 5.73 Å². The number of hydrogen-bond acceptors (Lipinski definition) is 3. The second-order valence-corrected chi connectivity index (χ2v) is 6.06. The van der Waals surface area contributed by atoms with E-state index >= 15 is 0 Å². The van der Waals surface area contributed by atoms with E-state index in [9.17, 15) is 12.8 Å². The Kier molecular flexibility index (Phi) is 5.10. The molecule has 0 aliphatic heterocycles. The molecule has 0 saturated carbocycles. The molecule has 1 atom stereocenters. The number of anilines is 1. The molecule has 0 radical (unpaired) electrons. The third-order valence-electron chi connectivity index (χ3n) is 2.86. The van der Waals surface area contributed by atoms with Crippen LogP contribution in [0.1, 0.15) is 20.3 Å². The molecular formula is C12H19FN2O2S. The summed E-state index contributed by atoms with van der Waals surface area (Å²) < 4.78 is 39.5. The second-order valence-electron chi connectivity index (χ2n) is 3.93. The Balaban J connectivity index is 3.23. The van der Waals surface area contributed by atoms with Gasteiger partial charge in [-0.05, 0) is 25.5 Å². The molecule has 0 aromatic heterocycles. The van der Waals surface area contributed by atoms with E-state index in [1.165, 1.54) is 18.2 Å². The molecule has 102 valence electrons. The number of rotatable bonds is 6. The SMILES string of the molecule is CCC(CN)S(=O)(=O)N(CC)c1ccccc1F. The fraction of sp³-hybridized carbons (Fsp3) is 0.500. The second kappa shape index (κ2) is 6.15.